The number of carbonyl (C=O) groups is 1. The molecule has 0 aromatic heterocycles. The van der Waals surface area contributed by atoms with Crippen molar-refractivity contribution in [3.63, 3.8) is 0 Å². The van der Waals surface area contributed by atoms with Crippen LogP contribution < -0.4 is 0 Å². The van der Waals surface area contributed by atoms with Gasteiger partial charge in [-0.1, -0.05) is 36.7 Å². The van der Waals surface area contributed by atoms with Gasteiger partial charge in [0, 0.05) is 5.56 Å². The summed E-state index contributed by atoms with van der Waals surface area (Å²) in [4.78, 5) is 12.1. The molecule has 7 heteroatoms. The molecule has 23 heavy (non-hydrogen) atoms. The lowest BCUT2D eigenvalue weighted by atomic mass is 10.2. The average Bonchev–Trinajstić information content (AvgIpc) is 2.53. The Hall–Kier alpha value is -1.92. The van der Waals surface area contributed by atoms with E-state index in [9.17, 15) is 17.6 Å². The van der Waals surface area contributed by atoms with E-state index in [1.165, 1.54) is 37.3 Å². The quantitative estimate of drug-likeness (QED) is 0.767. The zero-order chi connectivity index (χ0) is 17.0. The van der Waals surface area contributed by atoms with Gasteiger partial charge in [0.1, 0.15) is 12.4 Å². The van der Waals surface area contributed by atoms with Gasteiger partial charge in [0.25, 0.3) is 0 Å². The van der Waals surface area contributed by atoms with Crippen molar-refractivity contribution in [1.29, 1.82) is 0 Å². The van der Waals surface area contributed by atoms with Gasteiger partial charge in [0.2, 0.25) is 0 Å². The summed E-state index contributed by atoms with van der Waals surface area (Å²) < 4.78 is 42.1. The number of halogens is 2. The molecule has 2 rings (SSSR count). The second kappa shape index (κ2) is 7.10. The zero-order valence-electron chi connectivity index (χ0n) is 12.3. The van der Waals surface area contributed by atoms with Crippen LogP contribution in [-0.2, 0) is 21.2 Å². The van der Waals surface area contributed by atoms with E-state index in [-0.39, 0.29) is 27.8 Å². The highest BCUT2D eigenvalue weighted by Crippen LogP contribution is 2.21. The Morgan fingerprint density at radius 3 is 2.57 bits per heavy atom. The van der Waals surface area contributed by atoms with E-state index in [1.54, 1.807) is 6.07 Å². The van der Waals surface area contributed by atoms with Gasteiger partial charge in [-0.05, 0) is 24.3 Å². The first-order valence-corrected chi connectivity index (χ1v) is 8.81. The number of ether oxygens (including phenoxy) is 1. The van der Waals surface area contributed by atoms with Crippen LogP contribution in [-0.4, -0.2) is 20.1 Å². The summed E-state index contributed by atoms with van der Waals surface area (Å²) in [7, 11) is -3.55. The Balaban J connectivity index is 2.22. The van der Waals surface area contributed by atoms with Gasteiger partial charge in [-0.3, -0.25) is 0 Å². The second-order valence-electron chi connectivity index (χ2n) is 4.71. The molecular formula is C16H14ClFO4S. The van der Waals surface area contributed by atoms with Crippen LogP contribution in [0.2, 0.25) is 5.02 Å². The third-order valence-corrected chi connectivity index (χ3v) is 5.33. The Morgan fingerprint density at radius 1 is 1.22 bits per heavy atom. The van der Waals surface area contributed by atoms with Crippen LogP contribution in [0.3, 0.4) is 0 Å². The van der Waals surface area contributed by atoms with Crippen molar-refractivity contribution in [1.82, 2.24) is 0 Å². The average molecular weight is 357 g/mol. The predicted molar refractivity (Wildman–Crippen MR) is 84.7 cm³/mol. The summed E-state index contributed by atoms with van der Waals surface area (Å²) in [6.45, 7) is 1.31. The lowest BCUT2D eigenvalue weighted by Crippen LogP contribution is -2.13. The second-order valence-corrected chi connectivity index (χ2v) is 7.37. The van der Waals surface area contributed by atoms with Crippen molar-refractivity contribution < 1.29 is 22.3 Å². The largest absolute Gasteiger partial charge is 0.457 e. The summed E-state index contributed by atoms with van der Waals surface area (Å²) in [6.07, 6.45) is 0. The third-order valence-electron chi connectivity index (χ3n) is 3.20. The minimum atomic E-state index is -3.55. The topological polar surface area (TPSA) is 60.4 Å². The van der Waals surface area contributed by atoms with Crippen LogP contribution in [0.4, 0.5) is 4.39 Å². The Bertz CT molecular complexity index is 834. The van der Waals surface area contributed by atoms with Gasteiger partial charge >= 0.3 is 5.97 Å². The number of hydrogen-bond donors (Lipinski definition) is 0. The molecule has 4 nitrogen and oxygen atoms in total. The highest BCUT2D eigenvalue weighted by molar-refractivity contribution is 7.91. The molecule has 0 bridgehead atoms. The summed E-state index contributed by atoms with van der Waals surface area (Å²) in [6, 6.07) is 9.55. The van der Waals surface area contributed by atoms with E-state index >= 15 is 0 Å². The normalized spacial score (nSPS) is 11.3. The molecule has 0 unspecified atom stereocenters. The number of carbonyl (C=O) groups excluding carboxylic acids is 1. The molecule has 0 amide bonds. The first-order valence-electron chi connectivity index (χ1n) is 6.78. The van der Waals surface area contributed by atoms with Crippen molar-refractivity contribution in [3.8, 4) is 0 Å². The first kappa shape index (κ1) is 17.4. The summed E-state index contributed by atoms with van der Waals surface area (Å²) in [5.41, 5.74) is 0.393. The van der Waals surface area contributed by atoms with E-state index in [2.05, 4.69) is 0 Å². The molecule has 0 saturated heterocycles. The van der Waals surface area contributed by atoms with Gasteiger partial charge in [-0.2, -0.15) is 0 Å². The molecule has 2 aromatic carbocycles. The molecule has 0 N–H and O–H groups in total. The Kier molecular flexibility index (Phi) is 5.38. The van der Waals surface area contributed by atoms with E-state index in [0.29, 0.717) is 5.56 Å². The van der Waals surface area contributed by atoms with E-state index in [0.717, 1.165) is 6.07 Å². The van der Waals surface area contributed by atoms with E-state index < -0.39 is 21.6 Å². The molecule has 0 radical (unpaired) electrons. The molecule has 0 aliphatic rings. The van der Waals surface area contributed by atoms with Crippen molar-refractivity contribution in [2.75, 3.05) is 5.75 Å². The van der Waals surface area contributed by atoms with Crippen LogP contribution in [0.1, 0.15) is 22.8 Å². The number of esters is 1. The zero-order valence-corrected chi connectivity index (χ0v) is 13.8. The van der Waals surface area contributed by atoms with Crippen molar-refractivity contribution in [2.45, 2.75) is 18.4 Å². The summed E-state index contributed by atoms with van der Waals surface area (Å²) in [5, 5.41) is 0.132. The SMILES string of the molecule is CCS(=O)(=O)c1ccccc1C(=O)OCc1ccc(F)cc1Cl. The third kappa shape index (κ3) is 4.09. The molecule has 0 heterocycles. The fourth-order valence-electron chi connectivity index (χ4n) is 1.92. The molecule has 0 saturated carbocycles. The summed E-state index contributed by atoms with van der Waals surface area (Å²) >= 11 is 5.86. The van der Waals surface area contributed by atoms with Crippen LogP contribution in [0.25, 0.3) is 0 Å². The number of hydrogen-bond acceptors (Lipinski definition) is 4. The van der Waals surface area contributed by atoms with Crippen molar-refractivity contribution in [2.24, 2.45) is 0 Å². The highest BCUT2D eigenvalue weighted by Gasteiger charge is 2.21. The maximum Gasteiger partial charge on any atom is 0.339 e. The van der Waals surface area contributed by atoms with Gasteiger partial charge in [-0.15, -0.1) is 0 Å². The monoisotopic (exact) mass is 356 g/mol. The smallest absolute Gasteiger partial charge is 0.339 e. The molecule has 2 aromatic rings. The minimum Gasteiger partial charge on any atom is -0.457 e. The van der Waals surface area contributed by atoms with Gasteiger partial charge < -0.3 is 4.74 Å². The molecular weight excluding hydrogens is 343 g/mol. The van der Waals surface area contributed by atoms with Gasteiger partial charge in [-0.25, -0.2) is 17.6 Å². The lowest BCUT2D eigenvalue weighted by Gasteiger charge is -2.10. The molecule has 0 fully saturated rings. The van der Waals surface area contributed by atoms with E-state index in [4.69, 9.17) is 16.3 Å². The fourth-order valence-corrected chi connectivity index (χ4v) is 3.23. The van der Waals surface area contributed by atoms with Crippen LogP contribution in [0.5, 0.6) is 0 Å². The van der Waals surface area contributed by atoms with Crippen LogP contribution in [0.15, 0.2) is 47.4 Å². The van der Waals surface area contributed by atoms with Gasteiger partial charge in [0.05, 0.1) is 21.2 Å². The first-order chi connectivity index (χ1) is 10.8. The van der Waals surface area contributed by atoms with E-state index in [1.807, 2.05) is 0 Å². The molecule has 0 atom stereocenters. The Morgan fingerprint density at radius 2 is 1.91 bits per heavy atom. The predicted octanol–water partition coefficient (Wildman–Crippen LogP) is 3.63. The highest BCUT2D eigenvalue weighted by atomic mass is 35.5. The molecule has 0 spiro atoms. The molecule has 122 valence electrons. The minimum absolute atomic E-state index is 0.0346. The summed E-state index contributed by atoms with van der Waals surface area (Å²) in [5.74, 6) is -1.40. The van der Waals surface area contributed by atoms with Crippen LogP contribution >= 0.6 is 11.6 Å². The van der Waals surface area contributed by atoms with Crippen molar-refractivity contribution in [3.05, 3.63) is 64.4 Å². The van der Waals surface area contributed by atoms with Gasteiger partial charge in [0.15, 0.2) is 9.84 Å². The number of sulfone groups is 1. The maximum absolute atomic E-state index is 13.0. The van der Waals surface area contributed by atoms with Crippen LogP contribution in [0, 0.1) is 5.82 Å². The number of rotatable bonds is 5. The fraction of sp³-hybridized carbons (Fsp3) is 0.188. The Labute approximate surface area is 138 Å². The molecule has 0 aliphatic heterocycles. The number of benzene rings is 2. The maximum atomic E-state index is 13.0. The standard InChI is InChI=1S/C16H14ClFO4S/c1-2-23(20,21)15-6-4-3-5-13(15)16(19)22-10-11-7-8-12(18)9-14(11)17/h3-9H,2,10H2,1H3. The molecule has 0 aliphatic carbocycles. The van der Waals surface area contributed by atoms with Crippen molar-refractivity contribution >= 4 is 27.4 Å². The lowest BCUT2D eigenvalue weighted by molar-refractivity contribution is 0.0468.